The van der Waals surface area contributed by atoms with Gasteiger partial charge in [-0.05, 0) is 30.7 Å². The van der Waals surface area contributed by atoms with Gasteiger partial charge in [-0.2, -0.15) is 0 Å². The smallest absolute Gasteiger partial charge is 0.337 e. The highest BCUT2D eigenvalue weighted by molar-refractivity contribution is 6.33. The Morgan fingerprint density at radius 3 is 2.56 bits per heavy atom. The number of carbonyl (C=O) groups is 1. The van der Waals surface area contributed by atoms with Crippen LogP contribution in [0.5, 0.6) is 0 Å². The Hall–Kier alpha value is -3.12. The van der Waals surface area contributed by atoms with Gasteiger partial charge in [0.25, 0.3) is 0 Å². The van der Waals surface area contributed by atoms with Gasteiger partial charge < -0.3 is 15.4 Å². The summed E-state index contributed by atoms with van der Waals surface area (Å²) in [6.45, 7) is 2.70. The maximum absolute atomic E-state index is 11.7. The first-order valence-corrected chi connectivity index (χ1v) is 8.69. The highest BCUT2D eigenvalue weighted by atomic mass is 35.5. The first kappa shape index (κ1) is 18.7. The van der Waals surface area contributed by atoms with Crippen LogP contribution in [-0.4, -0.2) is 23.0 Å². The van der Waals surface area contributed by atoms with Crippen LogP contribution < -0.4 is 10.6 Å². The van der Waals surface area contributed by atoms with Crippen molar-refractivity contribution in [2.24, 2.45) is 0 Å². The van der Waals surface area contributed by atoms with E-state index in [-0.39, 0.29) is 0 Å². The summed E-state index contributed by atoms with van der Waals surface area (Å²) in [5, 5.41) is 6.84. The summed E-state index contributed by atoms with van der Waals surface area (Å²) < 4.78 is 4.74. The standard InChI is InChI=1S/C20H19ClN4O2/c1-13-3-5-14(6-4-13)11-22-18-10-19(24-12-23-18)25-17-9-15(20(26)27-2)7-8-16(17)21/h3-10,12H,11H2,1-2H3,(H2,22,23,24,25). The fraction of sp³-hybridized carbons (Fsp3) is 0.150. The van der Waals surface area contributed by atoms with Gasteiger partial charge in [0.05, 0.1) is 23.4 Å². The van der Waals surface area contributed by atoms with E-state index >= 15 is 0 Å². The Labute approximate surface area is 162 Å². The van der Waals surface area contributed by atoms with Gasteiger partial charge in [-0.15, -0.1) is 0 Å². The molecule has 0 amide bonds. The Balaban J connectivity index is 1.72. The average molecular weight is 383 g/mol. The molecule has 1 heterocycles. The zero-order valence-electron chi connectivity index (χ0n) is 15.0. The van der Waals surface area contributed by atoms with Gasteiger partial charge in [0.2, 0.25) is 0 Å². The van der Waals surface area contributed by atoms with Crippen LogP contribution in [0.4, 0.5) is 17.3 Å². The molecule has 3 rings (SSSR count). The van der Waals surface area contributed by atoms with Crippen LogP contribution in [0, 0.1) is 6.92 Å². The molecule has 6 nitrogen and oxygen atoms in total. The number of aromatic nitrogens is 2. The third-order valence-corrected chi connectivity index (χ3v) is 4.24. The monoisotopic (exact) mass is 382 g/mol. The number of carbonyl (C=O) groups excluding carboxylic acids is 1. The number of rotatable bonds is 6. The van der Waals surface area contributed by atoms with Crippen molar-refractivity contribution < 1.29 is 9.53 Å². The van der Waals surface area contributed by atoms with Crippen LogP contribution in [0.15, 0.2) is 54.9 Å². The maximum atomic E-state index is 11.7. The molecule has 27 heavy (non-hydrogen) atoms. The first-order chi connectivity index (χ1) is 13.0. The van der Waals surface area contributed by atoms with Crippen molar-refractivity contribution in [1.29, 1.82) is 0 Å². The molecule has 0 atom stereocenters. The Morgan fingerprint density at radius 1 is 1.07 bits per heavy atom. The summed E-state index contributed by atoms with van der Waals surface area (Å²) in [7, 11) is 1.33. The van der Waals surface area contributed by atoms with Gasteiger partial charge in [-0.25, -0.2) is 14.8 Å². The molecule has 0 spiro atoms. The van der Waals surface area contributed by atoms with Crippen LogP contribution in [-0.2, 0) is 11.3 Å². The van der Waals surface area contributed by atoms with E-state index in [0.29, 0.717) is 34.5 Å². The maximum Gasteiger partial charge on any atom is 0.337 e. The van der Waals surface area contributed by atoms with Crippen molar-refractivity contribution in [2.75, 3.05) is 17.7 Å². The zero-order chi connectivity index (χ0) is 19.2. The number of anilines is 3. The summed E-state index contributed by atoms with van der Waals surface area (Å²) in [4.78, 5) is 20.1. The van der Waals surface area contributed by atoms with Gasteiger partial charge in [-0.1, -0.05) is 41.4 Å². The van der Waals surface area contributed by atoms with Crippen molar-refractivity contribution in [3.63, 3.8) is 0 Å². The van der Waals surface area contributed by atoms with Gasteiger partial charge >= 0.3 is 5.97 Å². The lowest BCUT2D eigenvalue weighted by Gasteiger charge is -2.11. The summed E-state index contributed by atoms with van der Waals surface area (Å²) in [6.07, 6.45) is 1.46. The lowest BCUT2D eigenvalue weighted by molar-refractivity contribution is 0.0601. The largest absolute Gasteiger partial charge is 0.465 e. The van der Waals surface area contributed by atoms with Crippen LogP contribution >= 0.6 is 11.6 Å². The first-order valence-electron chi connectivity index (χ1n) is 8.31. The van der Waals surface area contributed by atoms with E-state index < -0.39 is 5.97 Å². The minimum atomic E-state index is -0.433. The number of hydrogen-bond acceptors (Lipinski definition) is 6. The molecule has 3 aromatic rings. The normalized spacial score (nSPS) is 10.3. The van der Waals surface area contributed by atoms with E-state index in [2.05, 4.69) is 51.8 Å². The van der Waals surface area contributed by atoms with Gasteiger partial charge in [0.1, 0.15) is 18.0 Å². The second-order valence-electron chi connectivity index (χ2n) is 5.94. The molecular weight excluding hydrogens is 364 g/mol. The predicted molar refractivity (Wildman–Crippen MR) is 107 cm³/mol. The van der Waals surface area contributed by atoms with Crippen LogP contribution in [0.1, 0.15) is 21.5 Å². The van der Waals surface area contributed by atoms with Crippen LogP contribution in [0.3, 0.4) is 0 Å². The van der Waals surface area contributed by atoms with Crippen molar-refractivity contribution >= 4 is 34.9 Å². The molecule has 0 saturated carbocycles. The molecule has 2 N–H and O–H groups in total. The molecule has 0 aliphatic heterocycles. The van der Waals surface area contributed by atoms with Gasteiger partial charge in [-0.3, -0.25) is 0 Å². The van der Waals surface area contributed by atoms with Crippen LogP contribution in [0.25, 0.3) is 0 Å². The molecule has 138 valence electrons. The third kappa shape index (κ3) is 4.95. The SMILES string of the molecule is COC(=O)c1ccc(Cl)c(Nc2cc(NCc3ccc(C)cc3)ncn2)c1. The number of esters is 1. The molecular formula is C20H19ClN4O2. The number of methoxy groups -OCH3 is 1. The number of aryl methyl sites for hydroxylation is 1. The second-order valence-corrected chi connectivity index (χ2v) is 6.35. The van der Waals surface area contributed by atoms with Crippen molar-refractivity contribution in [1.82, 2.24) is 9.97 Å². The Kier molecular flexibility index (Phi) is 5.88. The van der Waals surface area contributed by atoms with Crippen LogP contribution in [0.2, 0.25) is 5.02 Å². The number of hydrogen-bond donors (Lipinski definition) is 2. The molecule has 7 heteroatoms. The van der Waals surface area contributed by atoms with Gasteiger partial charge in [0.15, 0.2) is 0 Å². The van der Waals surface area contributed by atoms with Gasteiger partial charge in [0, 0.05) is 12.6 Å². The van der Waals surface area contributed by atoms with E-state index in [1.807, 2.05) is 0 Å². The highest BCUT2D eigenvalue weighted by Crippen LogP contribution is 2.26. The third-order valence-electron chi connectivity index (χ3n) is 3.91. The molecule has 0 bridgehead atoms. The van der Waals surface area contributed by atoms with Crippen molar-refractivity contribution in [3.8, 4) is 0 Å². The van der Waals surface area contributed by atoms with E-state index in [1.165, 1.54) is 19.0 Å². The molecule has 0 unspecified atom stereocenters. The van der Waals surface area contributed by atoms with E-state index in [9.17, 15) is 4.79 Å². The fourth-order valence-corrected chi connectivity index (χ4v) is 2.59. The molecule has 0 aliphatic rings. The number of ether oxygens (including phenoxy) is 1. The highest BCUT2D eigenvalue weighted by Gasteiger charge is 2.10. The second kappa shape index (κ2) is 8.51. The number of nitrogens with one attached hydrogen (secondary N) is 2. The lowest BCUT2D eigenvalue weighted by Crippen LogP contribution is -2.04. The van der Waals surface area contributed by atoms with Crippen molar-refractivity contribution in [2.45, 2.75) is 13.5 Å². The Bertz CT molecular complexity index is 945. The molecule has 2 aromatic carbocycles. The topological polar surface area (TPSA) is 76.1 Å². The van der Waals surface area contributed by atoms with E-state index in [4.69, 9.17) is 16.3 Å². The minimum absolute atomic E-state index is 0.399. The van der Waals surface area contributed by atoms with E-state index in [0.717, 1.165) is 5.56 Å². The summed E-state index contributed by atoms with van der Waals surface area (Å²) in [6, 6.07) is 14.9. The van der Waals surface area contributed by atoms with Crippen molar-refractivity contribution in [3.05, 3.63) is 76.6 Å². The predicted octanol–water partition coefficient (Wildman–Crippen LogP) is 4.58. The molecule has 0 aliphatic carbocycles. The zero-order valence-corrected chi connectivity index (χ0v) is 15.7. The molecule has 0 saturated heterocycles. The molecule has 0 fully saturated rings. The van der Waals surface area contributed by atoms with E-state index in [1.54, 1.807) is 24.3 Å². The lowest BCUT2D eigenvalue weighted by atomic mass is 10.1. The molecule has 0 radical (unpaired) electrons. The average Bonchev–Trinajstić information content (AvgIpc) is 2.69. The minimum Gasteiger partial charge on any atom is -0.465 e. The Morgan fingerprint density at radius 2 is 1.81 bits per heavy atom. The number of benzene rings is 2. The molecule has 1 aromatic heterocycles. The summed E-state index contributed by atoms with van der Waals surface area (Å²) in [5.74, 6) is 0.798. The fourth-order valence-electron chi connectivity index (χ4n) is 2.42. The summed E-state index contributed by atoms with van der Waals surface area (Å²) >= 11 is 6.21. The quantitative estimate of drug-likeness (QED) is 0.608. The summed E-state index contributed by atoms with van der Waals surface area (Å²) in [5.41, 5.74) is 3.33. The number of nitrogens with zero attached hydrogens (tertiary/aromatic N) is 2. The number of halogens is 1.